The summed E-state index contributed by atoms with van der Waals surface area (Å²) in [4.78, 5) is 19.1. The molecule has 0 saturated carbocycles. The summed E-state index contributed by atoms with van der Waals surface area (Å²) in [6.07, 6.45) is 1.70. The SMILES string of the molecule is CCCN(OCc1ccccc1)C(=O)C1=C(c2ccccc2)CCNC1. The summed E-state index contributed by atoms with van der Waals surface area (Å²) in [6, 6.07) is 20.1. The molecule has 0 fully saturated rings. The summed E-state index contributed by atoms with van der Waals surface area (Å²) in [5.74, 6) is -0.0335. The Bertz CT molecular complexity index is 741. The van der Waals surface area contributed by atoms with E-state index < -0.39 is 0 Å². The number of hydrogen-bond acceptors (Lipinski definition) is 3. The average molecular weight is 350 g/mol. The lowest BCUT2D eigenvalue weighted by atomic mass is 9.94. The maximum absolute atomic E-state index is 13.2. The van der Waals surface area contributed by atoms with E-state index in [1.165, 1.54) is 5.06 Å². The number of amides is 1. The number of nitrogens with one attached hydrogen (secondary N) is 1. The fraction of sp³-hybridized carbons (Fsp3) is 0.318. The third-order valence-corrected chi connectivity index (χ3v) is 4.48. The minimum Gasteiger partial charge on any atom is -0.312 e. The van der Waals surface area contributed by atoms with E-state index in [1.54, 1.807) is 0 Å². The Morgan fingerprint density at radius 1 is 1.08 bits per heavy atom. The highest BCUT2D eigenvalue weighted by Crippen LogP contribution is 2.26. The summed E-state index contributed by atoms with van der Waals surface area (Å²) in [7, 11) is 0. The lowest BCUT2D eigenvalue weighted by Gasteiger charge is -2.27. The van der Waals surface area contributed by atoms with Gasteiger partial charge in [-0.1, -0.05) is 67.6 Å². The van der Waals surface area contributed by atoms with E-state index in [0.29, 0.717) is 19.7 Å². The summed E-state index contributed by atoms with van der Waals surface area (Å²) < 4.78 is 0. The largest absolute Gasteiger partial charge is 0.312 e. The van der Waals surface area contributed by atoms with Crippen LogP contribution in [-0.4, -0.2) is 30.6 Å². The number of carbonyl (C=O) groups is 1. The lowest BCUT2D eigenvalue weighted by molar-refractivity contribution is -0.187. The van der Waals surface area contributed by atoms with E-state index in [2.05, 4.69) is 24.4 Å². The highest BCUT2D eigenvalue weighted by molar-refractivity contribution is 6.01. The maximum Gasteiger partial charge on any atom is 0.274 e. The first-order valence-corrected chi connectivity index (χ1v) is 9.26. The van der Waals surface area contributed by atoms with Gasteiger partial charge in [-0.2, -0.15) is 0 Å². The second-order valence-electron chi connectivity index (χ2n) is 6.42. The maximum atomic E-state index is 13.2. The molecule has 0 bridgehead atoms. The zero-order valence-electron chi connectivity index (χ0n) is 15.3. The fourth-order valence-corrected chi connectivity index (χ4v) is 3.15. The summed E-state index contributed by atoms with van der Waals surface area (Å²) in [5.41, 5.74) is 4.11. The summed E-state index contributed by atoms with van der Waals surface area (Å²) in [5, 5.41) is 4.85. The molecule has 1 aliphatic rings. The minimum absolute atomic E-state index is 0.0335. The molecule has 2 aromatic rings. The van der Waals surface area contributed by atoms with Gasteiger partial charge in [0.25, 0.3) is 5.91 Å². The Labute approximate surface area is 155 Å². The monoisotopic (exact) mass is 350 g/mol. The van der Waals surface area contributed by atoms with Crippen molar-refractivity contribution >= 4 is 11.5 Å². The quantitative estimate of drug-likeness (QED) is 0.772. The van der Waals surface area contributed by atoms with E-state index in [9.17, 15) is 4.79 Å². The fourth-order valence-electron chi connectivity index (χ4n) is 3.15. The highest BCUT2D eigenvalue weighted by Gasteiger charge is 2.25. The van der Waals surface area contributed by atoms with Crippen LogP contribution < -0.4 is 5.32 Å². The molecule has 0 unspecified atom stereocenters. The van der Waals surface area contributed by atoms with Crippen molar-refractivity contribution in [3.8, 4) is 0 Å². The molecule has 1 aliphatic heterocycles. The summed E-state index contributed by atoms with van der Waals surface area (Å²) >= 11 is 0. The Balaban J connectivity index is 1.81. The van der Waals surface area contributed by atoms with Gasteiger partial charge in [-0.3, -0.25) is 9.63 Å². The summed E-state index contributed by atoms with van der Waals surface area (Å²) in [6.45, 7) is 4.50. The zero-order valence-corrected chi connectivity index (χ0v) is 15.3. The molecule has 1 N–H and O–H groups in total. The Kier molecular flexibility index (Phi) is 6.58. The van der Waals surface area contributed by atoms with Crippen molar-refractivity contribution in [2.45, 2.75) is 26.4 Å². The molecule has 0 spiro atoms. The van der Waals surface area contributed by atoms with Gasteiger partial charge < -0.3 is 5.32 Å². The van der Waals surface area contributed by atoms with Crippen LogP contribution in [0.3, 0.4) is 0 Å². The Morgan fingerprint density at radius 2 is 1.77 bits per heavy atom. The topological polar surface area (TPSA) is 41.6 Å². The number of carbonyl (C=O) groups excluding carboxylic acids is 1. The van der Waals surface area contributed by atoms with E-state index in [-0.39, 0.29) is 5.91 Å². The average Bonchev–Trinajstić information content (AvgIpc) is 2.72. The number of benzene rings is 2. The van der Waals surface area contributed by atoms with Gasteiger partial charge in [0.1, 0.15) is 6.61 Å². The molecule has 0 aromatic heterocycles. The van der Waals surface area contributed by atoms with Gasteiger partial charge in [0.15, 0.2) is 0 Å². The Morgan fingerprint density at radius 3 is 2.46 bits per heavy atom. The normalized spacial score (nSPS) is 14.3. The van der Waals surface area contributed by atoms with Crippen LogP contribution in [0.25, 0.3) is 5.57 Å². The molecule has 136 valence electrons. The van der Waals surface area contributed by atoms with E-state index in [1.807, 2.05) is 48.5 Å². The lowest BCUT2D eigenvalue weighted by Crippen LogP contribution is -2.38. The molecule has 1 heterocycles. The zero-order chi connectivity index (χ0) is 18.2. The standard InChI is InChI=1S/C22H26N2O2/c1-2-15-24(26-17-18-9-5-3-6-10-18)22(25)21-16-23-14-13-20(21)19-11-7-4-8-12-19/h3-12,23H,2,13-17H2,1H3. The predicted octanol–water partition coefficient (Wildman–Crippen LogP) is 3.80. The molecule has 2 aromatic carbocycles. The number of hydrogen-bond donors (Lipinski definition) is 1. The molecule has 0 saturated heterocycles. The molecule has 1 amide bonds. The first-order chi connectivity index (χ1) is 12.8. The van der Waals surface area contributed by atoms with E-state index in [4.69, 9.17) is 4.84 Å². The van der Waals surface area contributed by atoms with Gasteiger partial charge in [0.2, 0.25) is 0 Å². The molecular weight excluding hydrogens is 324 g/mol. The van der Waals surface area contributed by atoms with Crippen molar-refractivity contribution in [2.24, 2.45) is 0 Å². The van der Waals surface area contributed by atoms with Crippen LogP contribution >= 0.6 is 0 Å². The Hall–Kier alpha value is -2.43. The molecule has 26 heavy (non-hydrogen) atoms. The molecule has 4 heteroatoms. The third-order valence-electron chi connectivity index (χ3n) is 4.48. The first kappa shape index (κ1) is 18.4. The second-order valence-corrected chi connectivity index (χ2v) is 6.42. The van der Waals surface area contributed by atoms with Gasteiger partial charge in [-0.25, -0.2) is 5.06 Å². The van der Waals surface area contributed by atoms with Crippen LogP contribution in [0, 0.1) is 0 Å². The minimum atomic E-state index is -0.0335. The van der Waals surface area contributed by atoms with Crippen LogP contribution in [-0.2, 0) is 16.2 Å². The van der Waals surface area contributed by atoms with Crippen LogP contribution in [0.4, 0.5) is 0 Å². The first-order valence-electron chi connectivity index (χ1n) is 9.26. The van der Waals surface area contributed by atoms with Gasteiger partial charge >= 0.3 is 0 Å². The molecular formula is C22H26N2O2. The van der Waals surface area contributed by atoms with Crippen LogP contribution in [0.15, 0.2) is 66.2 Å². The van der Waals surface area contributed by atoms with Crippen LogP contribution in [0.2, 0.25) is 0 Å². The molecule has 4 nitrogen and oxygen atoms in total. The molecule has 0 aliphatic carbocycles. The van der Waals surface area contributed by atoms with Crippen molar-refractivity contribution in [3.05, 3.63) is 77.4 Å². The van der Waals surface area contributed by atoms with E-state index in [0.717, 1.165) is 41.7 Å². The van der Waals surface area contributed by atoms with Gasteiger partial charge in [0, 0.05) is 18.7 Å². The van der Waals surface area contributed by atoms with E-state index >= 15 is 0 Å². The van der Waals surface area contributed by atoms with Crippen molar-refractivity contribution in [1.29, 1.82) is 0 Å². The predicted molar refractivity (Wildman–Crippen MR) is 104 cm³/mol. The third kappa shape index (κ3) is 4.59. The molecule has 0 radical (unpaired) electrons. The van der Waals surface area contributed by atoms with Crippen LogP contribution in [0.5, 0.6) is 0 Å². The van der Waals surface area contributed by atoms with Crippen molar-refractivity contribution in [3.63, 3.8) is 0 Å². The second kappa shape index (κ2) is 9.32. The van der Waals surface area contributed by atoms with Gasteiger partial charge in [-0.15, -0.1) is 0 Å². The highest BCUT2D eigenvalue weighted by atomic mass is 16.7. The van der Waals surface area contributed by atoms with Crippen LogP contribution in [0.1, 0.15) is 30.9 Å². The smallest absolute Gasteiger partial charge is 0.274 e. The number of nitrogens with zero attached hydrogens (tertiary/aromatic N) is 1. The van der Waals surface area contributed by atoms with Crippen molar-refractivity contribution in [2.75, 3.05) is 19.6 Å². The van der Waals surface area contributed by atoms with Gasteiger partial charge in [-0.05, 0) is 36.1 Å². The van der Waals surface area contributed by atoms with Gasteiger partial charge in [0.05, 0.1) is 0 Å². The molecule has 0 atom stereocenters. The van der Waals surface area contributed by atoms with Crippen molar-refractivity contribution in [1.82, 2.24) is 10.4 Å². The molecule has 3 rings (SSSR count). The number of hydroxylamine groups is 2. The van der Waals surface area contributed by atoms with Crippen molar-refractivity contribution < 1.29 is 9.63 Å². The number of rotatable bonds is 7.